The summed E-state index contributed by atoms with van der Waals surface area (Å²) in [5, 5.41) is 9.98. The first-order chi connectivity index (χ1) is 7.27. The summed E-state index contributed by atoms with van der Waals surface area (Å²) in [6, 6.07) is 0. The zero-order chi connectivity index (χ0) is 11.4. The van der Waals surface area contributed by atoms with Gasteiger partial charge < -0.3 is 0 Å². The highest BCUT2D eigenvalue weighted by atomic mass is 16.6. The van der Waals surface area contributed by atoms with Crippen molar-refractivity contribution in [1.82, 2.24) is 0 Å². The largest absolute Gasteiger partial charge is 0.279 e. The summed E-state index contributed by atoms with van der Waals surface area (Å²) in [6.45, 7) is 3.40. The summed E-state index contributed by atoms with van der Waals surface area (Å²) in [6.07, 6.45) is 12.0. The molecule has 89 valence electrons. The third-order valence-corrected chi connectivity index (χ3v) is 2.59. The molecular weight excluding hydrogens is 190 g/mol. The molecule has 0 spiro atoms. The third-order valence-electron chi connectivity index (χ3n) is 2.59. The van der Waals surface area contributed by atoms with Crippen molar-refractivity contribution in [3.05, 3.63) is 16.7 Å². The predicted octanol–water partition coefficient (Wildman–Crippen LogP) is 4.35. The van der Waals surface area contributed by atoms with Gasteiger partial charge in [-0.3, -0.25) is 10.1 Å². The normalized spacial score (nSPS) is 10.5. The fraction of sp³-hybridized carbons (Fsp3) is 0.917. The second-order valence-electron chi connectivity index (χ2n) is 4.09. The Morgan fingerprint density at radius 3 is 1.87 bits per heavy atom. The number of rotatable bonds is 11. The molecule has 0 fully saturated rings. The van der Waals surface area contributed by atoms with Gasteiger partial charge in [-0.05, 0) is 6.42 Å². The highest BCUT2D eigenvalue weighted by molar-refractivity contribution is 4.51. The number of nitro groups is 1. The summed E-state index contributed by atoms with van der Waals surface area (Å²) in [7, 11) is 0. The quantitative estimate of drug-likeness (QED) is 0.291. The smallest absolute Gasteiger partial charge is 0.264 e. The SMILES string of the molecule is CCCCCCCCCCC[CH][N+](=O)[O-]. The van der Waals surface area contributed by atoms with Crippen LogP contribution in [-0.2, 0) is 0 Å². The second kappa shape index (κ2) is 11.5. The molecule has 3 heteroatoms. The van der Waals surface area contributed by atoms with Crippen LogP contribution < -0.4 is 0 Å². The average molecular weight is 214 g/mol. The zero-order valence-electron chi connectivity index (χ0n) is 9.91. The predicted molar refractivity (Wildman–Crippen MR) is 63.1 cm³/mol. The van der Waals surface area contributed by atoms with Gasteiger partial charge in [-0.2, -0.15) is 0 Å². The molecular formula is C12H24NO2. The van der Waals surface area contributed by atoms with Crippen LogP contribution >= 0.6 is 0 Å². The van der Waals surface area contributed by atoms with Gasteiger partial charge in [0.2, 0.25) is 0 Å². The molecule has 0 unspecified atom stereocenters. The molecule has 0 bridgehead atoms. The Morgan fingerprint density at radius 2 is 1.40 bits per heavy atom. The molecule has 3 nitrogen and oxygen atoms in total. The first-order valence-corrected chi connectivity index (χ1v) is 6.24. The van der Waals surface area contributed by atoms with E-state index in [2.05, 4.69) is 6.92 Å². The first-order valence-electron chi connectivity index (χ1n) is 6.24. The molecule has 0 heterocycles. The molecule has 0 atom stereocenters. The standard InChI is InChI=1S/C12H24NO2/c1-2-3-4-5-6-7-8-9-10-11-12-13(14)15/h12H,2-11H2,1H3. The highest BCUT2D eigenvalue weighted by Gasteiger charge is 1.98. The van der Waals surface area contributed by atoms with E-state index in [0.717, 1.165) is 12.8 Å². The Morgan fingerprint density at radius 1 is 0.933 bits per heavy atom. The van der Waals surface area contributed by atoms with Crippen molar-refractivity contribution in [3.63, 3.8) is 0 Å². The molecule has 0 saturated heterocycles. The number of unbranched alkanes of at least 4 members (excludes halogenated alkanes) is 9. The molecule has 0 aromatic heterocycles. The third kappa shape index (κ3) is 13.4. The van der Waals surface area contributed by atoms with E-state index in [1.165, 1.54) is 51.5 Å². The van der Waals surface area contributed by atoms with Gasteiger partial charge >= 0.3 is 0 Å². The molecule has 0 aliphatic heterocycles. The topological polar surface area (TPSA) is 43.1 Å². The van der Waals surface area contributed by atoms with E-state index in [1.807, 2.05) is 0 Å². The van der Waals surface area contributed by atoms with E-state index in [1.54, 1.807) is 0 Å². The van der Waals surface area contributed by atoms with Gasteiger partial charge in [0.15, 0.2) is 0 Å². The summed E-state index contributed by atoms with van der Waals surface area (Å²) < 4.78 is 0. The Labute approximate surface area is 93.4 Å². The molecule has 0 aromatic carbocycles. The number of nitrogens with zero attached hydrogens (tertiary/aromatic N) is 1. The molecule has 0 rings (SSSR count). The first kappa shape index (κ1) is 14.4. The molecule has 0 aliphatic carbocycles. The van der Waals surface area contributed by atoms with Crippen LogP contribution in [0.25, 0.3) is 0 Å². The Kier molecular flexibility index (Phi) is 11.0. The minimum Gasteiger partial charge on any atom is -0.264 e. The summed E-state index contributed by atoms with van der Waals surface area (Å²) in [5.41, 5.74) is 0. The van der Waals surface area contributed by atoms with Crippen molar-refractivity contribution in [2.24, 2.45) is 0 Å². The number of hydrogen-bond acceptors (Lipinski definition) is 2. The van der Waals surface area contributed by atoms with Crippen molar-refractivity contribution in [3.8, 4) is 0 Å². The maximum absolute atomic E-state index is 9.98. The van der Waals surface area contributed by atoms with Gasteiger partial charge in [0, 0.05) is 11.3 Å². The molecule has 0 aromatic rings. The van der Waals surface area contributed by atoms with Crippen molar-refractivity contribution in [2.45, 2.75) is 71.1 Å². The maximum Gasteiger partial charge on any atom is 0.279 e. The Balaban J connectivity index is 2.89. The van der Waals surface area contributed by atoms with Gasteiger partial charge in [-0.25, -0.2) is 0 Å². The minimum absolute atomic E-state index is 0.343. The maximum atomic E-state index is 9.98. The van der Waals surface area contributed by atoms with Crippen LogP contribution in [0.15, 0.2) is 0 Å². The van der Waals surface area contributed by atoms with Crippen molar-refractivity contribution in [2.75, 3.05) is 0 Å². The highest BCUT2D eigenvalue weighted by Crippen LogP contribution is 2.10. The van der Waals surface area contributed by atoms with E-state index in [0.29, 0.717) is 6.42 Å². The van der Waals surface area contributed by atoms with Crippen LogP contribution in [0, 0.1) is 16.7 Å². The van der Waals surface area contributed by atoms with Crippen LogP contribution in [0.5, 0.6) is 0 Å². The summed E-state index contributed by atoms with van der Waals surface area (Å²) in [5.74, 6) is 0. The lowest BCUT2D eigenvalue weighted by Gasteiger charge is -2.00. The van der Waals surface area contributed by atoms with E-state index >= 15 is 0 Å². The van der Waals surface area contributed by atoms with Crippen LogP contribution in [-0.4, -0.2) is 4.92 Å². The van der Waals surface area contributed by atoms with Crippen molar-refractivity contribution >= 4 is 0 Å². The van der Waals surface area contributed by atoms with E-state index in [-0.39, 0.29) is 4.92 Å². The summed E-state index contributed by atoms with van der Waals surface area (Å²) in [4.78, 5) is 9.64. The average Bonchev–Trinajstić information content (AvgIpc) is 2.20. The van der Waals surface area contributed by atoms with Crippen molar-refractivity contribution in [1.29, 1.82) is 0 Å². The van der Waals surface area contributed by atoms with E-state index < -0.39 is 0 Å². The minimum atomic E-state index is -0.343. The Bertz CT molecular complexity index is 149. The van der Waals surface area contributed by atoms with Gasteiger partial charge in [0.05, 0.1) is 0 Å². The molecule has 15 heavy (non-hydrogen) atoms. The lowest BCUT2D eigenvalue weighted by Crippen LogP contribution is -1.92. The van der Waals surface area contributed by atoms with Crippen LogP contribution in [0.4, 0.5) is 0 Å². The zero-order valence-corrected chi connectivity index (χ0v) is 9.91. The second-order valence-corrected chi connectivity index (χ2v) is 4.09. The van der Waals surface area contributed by atoms with Crippen LogP contribution in [0.1, 0.15) is 71.1 Å². The monoisotopic (exact) mass is 214 g/mol. The lowest BCUT2D eigenvalue weighted by atomic mass is 10.1. The molecule has 1 radical (unpaired) electrons. The Hall–Kier alpha value is -0.600. The van der Waals surface area contributed by atoms with E-state index in [9.17, 15) is 10.1 Å². The van der Waals surface area contributed by atoms with Crippen LogP contribution in [0.2, 0.25) is 0 Å². The van der Waals surface area contributed by atoms with E-state index in [4.69, 9.17) is 0 Å². The number of hydrogen-bond donors (Lipinski definition) is 0. The molecule has 0 aliphatic rings. The van der Waals surface area contributed by atoms with Crippen LogP contribution in [0.3, 0.4) is 0 Å². The van der Waals surface area contributed by atoms with Gasteiger partial charge in [0.1, 0.15) is 0 Å². The molecule has 0 amide bonds. The fourth-order valence-corrected chi connectivity index (χ4v) is 1.65. The molecule has 0 N–H and O–H groups in total. The van der Waals surface area contributed by atoms with Gasteiger partial charge in [-0.1, -0.05) is 58.3 Å². The van der Waals surface area contributed by atoms with Gasteiger partial charge in [0.25, 0.3) is 6.54 Å². The van der Waals surface area contributed by atoms with Gasteiger partial charge in [-0.15, -0.1) is 0 Å². The summed E-state index contributed by atoms with van der Waals surface area (Å²) >= 11 is 0. The van der Waals surface area contributed by atoms with Crippen molar-refractivity contribution < 1.29 is 4.92 Å². The lowest BCUT2D eigenvalue weighted by molar-refractivity contribution is -0.438. The molecule has 0 saturated carbocycles. The fourth-order valence-electron chi connectivity index (χ4n) is 1.65.